The van der Waals surface area contributed by atoms with Gasteiger partial charge in [0, 0.05) is 11.6 Å². The summed E-state index contributed by atoms with van der Waals surface area (Å²) in [6.45, 7) is 1.13. The number of sulfonamides is 1. The fourth-order valence-electron chi connectivity index (χ4n) is 3.21. The molecule has 1 aliphatic rings. The van der Waals surface area contributed by atoms with Gasteiger partial charge in [-0.25, -0.2) is 13.2 Å². The van der Waals surface area contributed by atoms with E-state index >= 15 is 0 Å². The lowest BCUT2D eigenvalue weighted by Gasteiger charge is -2.21. The van der Waals surface area contributed by atoms with Crippen LogP contribution >= 0.6 is 0 Å². The molecule has 0 N–H and O–H groups in total. The molecule has 0 radical (unpaired) electrons. The smallest absolute Gasteiger partial charge is 0.344 e. The molecule has 2 aromatic carbocycles. The first kappa shape index (κ1) is 19.9. The van der Waals surface area contributed by atoms with E-state index in [1.54, 1.807) is 42.5 Å². The lowest BCUT2D eigenvalue weighted by Crippen LogP contribution is -2.34. The second-order valence-electron chi connectivity index (χ2n) is 6.64. The van der Waals surface area contributed by atoms with Crippen LogP contribution in [0.15, 0.2) is 48.5 Å². The Labute approximate surface area is 163 Å². The Morgan fingerprint density at radius 1 is 1.11 bits per heavy atom. The van der Waals surface area contributed by atoms with Crippen LogP contribution in [0.5, 0.6) is 5.75 Å². The minimum Gasteiger partial charge on any atom is -0.482 e. The van der Waals surface area contributed by atoms with E-state index in [-0.39, 0.29) is 18.4 Å². The zero-order valence-electron chi connectivity index (χ0n) is 15.6. The van der Waals surface area contributed by atoms with Gasteiger partial charge in [0.1, 0.15) is 5.75 Å². The van der Waals surface area contributed by atoms with Crippen LogP contribution in [0.3, 0.4) is 0 Å². The monoisotopic (exact) mass is 403 g/mol. The number of hydrogen-bond acceptors (Lipinski definition) is 6. The van der Waals surface area contributed by atoms with Crippen LogP contribution in [-0.2, 0) is 26.0 Å². The Hall–Kier alpha value is -2.87. The zero-order chi connectivity index (χ0) is 20.3. The third-order valence-electron chi connectivity index (χ3n) is 4.38. The van der Waals surface area contributed by atoms with Crippen molar-refractivity contribution >= 4 is 27.5 Å². The zero-order valence-corrected chi connectivity index (χ0v) is 16.4. The lowest BCUT2D eigenvalue weighted by atomic mass is 10.0. The molecule has 2 aromatic rings. The first-order chi connectivity index (χ1) is 13.3. The number of esters is 1. The van der Waals surface area contributed by atoms with E-state index in [2.05, 4.69) is 0 Å². The van der Waals surface area contributed by atoms with Gasteiger partial charge in [0.2, 0.25) is 10.0 Å². The number of anilines is 1. The maximum atomic E-state index is 12.3. The summed E-state index contributed by atoms with van der Waals surface area (Å²) in [5.74, 6) is -0.467. The van der Waals surface area contributed by atoms with Crippen molar-refractivity contribution in [1.29, 1.82) is 0 Å². The number of carbonyl (C=O) groups is 2. The van der Waals surface area contributed by atoms with Crippen LogP contribution in [0.1, 0.15) is 22.8 Å². The molecule has 0 aromatic heterocycles. The average Bonchev–Trinajstić information content (AvgIpc) is 3.00. The van der Waals surface area contributed by atoms with Crippen LogP contribution in [0.25, 0.3) is 0 Å². The number of para-hydroxylation sites is 1. The standard InChI is InChI=1S/C20H21NO6S/c1-14-10-16-11-15(8-9-18(16)21(14)28(2,24)25)19(22)12-27-20(23)13-26-17-6-4-3-5-7-17/h3-9,11,14H,10,12-13H2,1-2H3/t14-/m1/s1. The van der Waals surface area contributed by atoms with Gasteiger partial charge in [0.15, 0.2) is 19.0 Å². The molecule has 8 heteroatoms. The van der Waals surface area contributed by atoms with E-state index in [9.17, 15) is 18.0 Å². The summed E-state index contributed by atoms with van der Waals surface area (Å²) in [4.78, 5) is 24.1. The number of benzene rings is 2. The third-order valence-corrected chi connectivity index (χ3v) is 5.65. The minimum absolute atomic E-state index is 0.205. The molecule has 148 valence electrons. The van der Waals surface area contributed by atoms with Gasteiger partial charge in [-0.3, -0.25) is 9.10 Å². The number of Topliss-reactive ketones (excluding diaryl/α,β-unsaturated/α-hetero) is 1. The number of hydrogen-bond donors (Lipinski definition) is 0. The summed E-state index contributed by atoms with van der Waals surface area (Å²) in [5, 5.41) is 0. The molecular formula is C20H21NO6S. The highest BCUT2D eigenvalue weighted by molar-refractivity contribution is 7.92. The van der Waals surface area contributed by atoms with E-state index in [1.807, 2.05) is 13.0 Å². The van der Waals surface area contributed by atoms with E-state index in [0.29, 0.717) is 23.4 Å². The largest absolute Gasteiger partial charge is 0.482 e. The van der Waals surface area contributed by atoms with Crippen molar-refractivity contribution in [2.75, 3.05) is 23.8 Å². The molecule has 1 atom stereocenters. The summed E-state index contributed by atoms with van der Waals surface area (Å²) in [6, 6.07) is 13.4. The first-order valence-electron chi connectivity index (χ1n) is 8.74. The normalized spacial score (nSPS) is 15.8. The Kier molecular flexibility index (Phi) is 5.69. The molecule has 0 saturated carbocycles. The second kappa shape index (κ2) is 8.02. The number of ether oxygens (including phenoxy) is 2. The number of carbonyl (C=O) groups excluding carboxylic acids is 2. The second-order valence-corrected chi connectivity index (χ2v) is 8.50. The van der Waals surface area contributed by atoms with Gasteiger partial charge < -0.3 is 9.47 Å². The number of nitrogens with zero attached hydrogens (tertiary/aromatic N) is 1. The van der Waals surface area contributed by atoms with E-state index in [1.165, 1.54) is 4.31 Å². The van der Waals surface area contributed by atoms with Gasteiger partial charge in [-0.2, -0.15) is 0 Å². The Morgan fingerprint density at radius 2 is 1.82 bits per heavy atom. The van der Waals surface area contributed by atoms with Crippen molar-refractivity contribution in [3.05, 3.63) is 59.7 Å². The van der Waals surface area contributed by atoms with Gasteiger partial charge in [0.25, 0.3) is 0 Å². The van der Waals surface area contributed by atoms with Crippen molar-refractivity contribution < 1.29 is 27.5 Å². The number of rotatable bonds is 7. The predicted octanol–water partition coefficient (Wildman–Crippen LogP) is 2.20. The highest BCUT2D eigenvalue weighted by atomic mass is 32.2. The van der Waals surface area contributed by atoms with Crippen LogP contribution in [0.2, 0.25) is 0 Å². The first-order valence-corrected chi connectivity index (χ1v) is 10.6. The molecule has 0 amide bonds. The molecule has 3 rings (SSSR count). The molecular weight excluding hydrogens is 382 g/mol. The van der Waals surface area contributed by atoms with Crippen molar-refractivity contribution in [2.24, 2.45) is 0 Å². The maximum Gasteiger partial charge on any atom is 0.344 e. The van der Waals surface area contributed by atoms with Crippen molar-refractivity contribution in [2.45, 2.75) is 19.4 Å². The van der Waals surface area contributed by atoms with Gasteiger partial charge in [-0.05, 0) is 49.2 Å². The fourth-order valence-corrected chi connectivity index (χ4v) is 4.48. The lowest BCUT2D eigenvalue weighted by molar-refractivity contribution is -0.144. The van der Waals surface area contributed by atoms with E-state index in [4.69, 9.17) is 9.47 Å². The maximum absolute atomic E-state index is 12.3. The highest BCUT2D eigenvalue weighted by Crippen LogP contribution is 2.34. The van der Waals surface area contributed by atoms with Crippen molar-refractivity contribution in [1.82, 2.24) is 0 Å². The summed E-state index contributed by atoms with van der Waals surface area (Å²) in [5.41, 5.74) is 1.74. The van der Waals surface area contributed by atoms with Gasteiger partial charge >= 0.3 is 5.97 Å². The molecule has 0 saturated heterocycles. The number of fused-ring (bicyclic) bond motifs is 1. The quantitative estimate of drug-likeness (QED) is 0.520. The molecule has 1 heterocycles. The predicted molar refractivity (Wildman–Crippen MR) is 104 cm³/mol. The Bertz CT molecular complexity index is 987. The van der Waals surface area contributed by atoms with Crippen molar-refractivity contribution in [3.63, 3.8) is 0 Å². The highest BCUT2D eigenvalue weighted by Gasteiger charge is 2.32. The fraction of sp³-hybridized carbons (Fsp3) is 0.300. The van der Waals surface area contributed by atoms with Crippen LogP contribution < -0.4 is 9.04 Å². The summed E-state index contributed by atoms with van der Waals surface area (Å²) < 4.78 is 35.5. The molecule has 28 heavy (non-hydrogen) atoms. The van der Waals surface area contributed by atoms with E-state index in [0.717, 1.165) is 11.8 Å². The van der Waals surface area contributed by atoms with Crippen LogP contribution in [0.4, 0.5) is 5.69 Å². The molecule has 7 nitrogen and oxygen atoms in total. The molecule has 0 fully saturated rings. The Balaban J connectivity index is 1.58. The van der Waals surface area contributed by atoms with Gasteiger partial charge in [-0.15, -0.1) is 0 Å². The van der Waals surface area contributed by atoms with Gasteiger partial charge in [-0.1, -0.05) is 18.2 Å². The molecule has 0 spiro atoms. The van der Waals surface area contributed by atoms with Crippen molar-refractivity contribution in [3.8, 4) is 5.75 Å². The summed E-state index contributed by atoms with van der Waals surface area (Å²) >= 11 is 0. The van der Waals surface area contributed by atoms with Gasteiger partial charge in [0.05, 0.1) is 11.9 Å². The molecule has 1 aliphatic heterocycles. The third kappa shape index (κ3) is 4.51. The Morgan fingerprint density at radius 3 is 2.50 bits per heavy atom. The molecule has 0 aliphatic carbocycles. The van der Waals surface area contributed by atoms with E-state index < -0.39 is 22.6 Å². The topological polar surface area (TPSA) is 90.0 Å². The summed E-state index contributed by atoms with van der Waals surface area (Å²) in [7, 11) is -3.38. The number of ketones is 1. The SMILES string of the molecule is C[C@@H]1Cc2cc(C(=O)COC(=O)COc3ccccc3)ccc2N1S(C)(=O)=O. The van der Waals surface area contributed by atoms with Crippen LogP contribution in [0, 0.1) is 0 Å². The van der Waals surface area contributed by atoms with Crippen LogP contribution in [-0.4, -0.2) is 45.7 Å². The molecule has 0 unspecified atom stereocenters. The average molecular weight is 403 g/mol. The summed E-state index contributed by atoms with van der Waals surface area (Å²) in [6.07, 6.45) is 1.68. The minimum atomic E-state index is -3.38. The molecule has 0 bridgehead atoms.